The van der Waals surface area contributed by atoms with E-state index in [4.69, 9.17) is 0 Å². The summed E-state index contributed by atoms with van der Waals surface area (Å²) in [6.07, 6.45) is 0. The van der Waals surface area contributed by atoms with Crippen molar-refractivity contribution in [3.8, 4) is 5.75 Å². The molecule has 104 valence electrons. The summed E-state index contributed by atoms with van der Waals surface area (Å²) in [6.45, 7) is 4.92. The minimum Gasteiger partial charge on any atom is -0.506 e. The Hall–Kier alpha value is -2.11. The Morgan fingerprint density at radius 2 is 1.95 bits per heavy atom. The highest BCUT2D eigenvalue weighted by Crippen LogP contribution is 2.23. The van der Waals surface area contributed by atoms with E-state index in [0.717, 1.165) is 18.2 Å². The zero-order valence-corrected chi connectivity index (χ0v) is 11.1. The quantitative estimate of drug-likeness (QED) is 0.729. The molecule has 19 heavy (non-hydrogen) atoms. The van der Waals surface area contributed by atoms with Gasteiger partial charge in [0.1, 0.15) is 11.6 Å². The number of phenolic OH excluding ortho intramolecular Hbond substituents is 1. The highest BCUT2D eigenvalue weighted by Gasteiger charge is 2.21. The molecule has 5 nitrogen and oxygen atoms in total. The van der Waals surface area contributed by atoms with Gasteiger partial charge in [-0.15, -0.1) is 0 Å². The van der Waals surface area contributed by atoms with Gasteiger partial charge in [0, 0.05) is 11.5 Å². The van der Waals surface area contributed by atoms with Crippen LogP contribution in [0.2, 0.25) is 0 Å². The molecule has 1 aromatic carbocycles. The first-order chi connectivity index (χ1) is 8.70. The van der Waals surface area contributed by atoms with Crippen molar-refractivity contribution in [3.63, 3.8) is 0 Å². The van der Waals surface area contributed by atoms with Crippen molar-refractivity contribution in [2.75, 3.05) is 11.9 Å². The van der Waals surface area contributed by atoms with Crippen LogP contribution in [0.15, 0.2) is 18.2 Å². The number of hydrogen-bond donors (Lipinski definition) is 3. The summed E-state index contributed by atoms with van der Waals surface area (Å²) in [7, 11) is 0. The van der Waals surface area contributed by atoms with E-state index in [-0.39, 0.29) is 23.9 Å². The summed E-state index contributed by atoms with van der Waals surface area (Å²) in [6, 6.07) is 3.21. The monoisotopic (exact) mass is 268 g/mol. The molecule has 0 spiro atoms. The number of aromatic hydroxyl groups is 1. The first-order valence-corrected chi connectivity index (χ1v) is 5.77. The Kier molecular flexibility index (Phi) is 4.47. The molecule has 0 heterocycles. The van der Waals surface area contributed by atoms with Crippen molar-refractivity contribution < 1.29 is 19.1 Å². The Balaban J connectivity index is 2.57. The van der Waals surface area contributed by atoms with Crippen LogP contribution in [-0.4, -0.2) is 23.5 Å². The number of hydrogen-bond acceptors (Lipinski definition) is 3. The number of nitrogens with one attached hydrogen (secondary N) is 2. The third-order valence-corrected chi connectivity index (χ3v) is 2.32. The van der Waals surface area contributed by atoms with Gasteiger partial charge in [0.25, 0.3) is 0 Å². The van der Waals surface area contributed by atoms with Crippen molar-refractivity contribution in [2.45, 2.75) is 20.8 Å². The fraction of sp³-hybridized carbons (Fsp3) is 0.385. The van der Waals surface area contributed by atoms with Crippen molar-refractivity contribution in [3.05, 3.63) is 24.0 Å². The zero-order valence-electron chi connectivity index (χ0n) is 11.1. The van der Waals surface area contributed by atoms with Gasteiger partial charge in [0.15, 0.2) is 0 Å². The molecule has 0 aliphatic carbocycles. The molecular weight excluding hydrogens is 251 g/mol. The van der Waals surface area contributed by atoms with Crippen molar-refractivity contribution in [2.24, 2.45) is 5.41 Å². The molecule has 0 aromatic heterocycles. The lowest BCUT2D eigenvalue weighted by atomic mass is 9.96. The molecule has 3 N–H and O–H groups in total. The molecule has 0 saturated heterocycles. The molecule has 0 radical (unpaired) electrons. The summed E-state index contributed by atoms with van der Waals surface area (Å²) in [5, 5.41) is 14.2. The number of halogens is 1. The first kappa shape index (κ1) is 14.9. The van der Waals surface area contributed by atoms with Crippen molar-refractivity contribution >= 4 is 17.5 Å². The number of phenols is 1. The molecule has 0 bridgehead atoms. The Morgan fingerprint density at radius 1 is 1.32 bits per heavy atom. The Bertz CT molecular complexity index is 495. The minimum absolute atomic E-state index is 0.0324. The van der Waals surface area contributed by atoms with Gasteiger partial charge in [-0.3, -0.25) is 9.59 Å². The maximum Gasteiger partial charge on any atom is 0.243 e. The third kappa shape index (κ3) is 4.57. The summed E-state index contributed by atoms with van der Waals surface area (Å²) in [5.41, 5.74) is -0.628. The highest BCUT2D eigenvalue weighted by atomic mass is 19.1. The van der Waals surface area contributed by atoms with E-state index in [2.05, 4.69) is 10.6 Å². The van der Waals surface area contributed by atoms with Gasteiger partial charge >= 0.3 is 0 Å². The molecule has 2 amide bonds. The summed E-state index contributed by atoms with van der Waals surface area (Å²) in [4.78, 5) is 23.1. The lowest BCUT2D eigenvalue weighted by molar-refractivity contribution is -0.130. The zero-order chi connectivity index (χ0) is 14.6. The minimum atomic E-state index is -0.596. The van der Waals surface area contributed by atoms with E-state index in [1.807, 2.05) is 0 Å². The van der Waals surface area contributed by atoms with Crippen molar-refractivity contribution in [1.29, 1.82) is 0 Å². The second kappa shape index (κ2) is 5.69. The number of anilines is 1. The molecule has 1 rings (SSSR count). The molecule has 6 heteroatoms. The molecule has 0 fully saturated rings. The third-order valence-electron chi connectivity index (χ3n) is 2.32. The van der Waals surface area contributed by atoms with Crippen LogP contribution in [0.25, 0.3) is 0 Å². The van der Waals surface area contributed by atoms with Gasteiger partial charge in [-0.1, -0.05) is 20.8 Å². The average molecular weight is 268 g/mol. The number of benzene rings is 1. The molecule has 0 unspecified atom stereocenters. The van der Waals surface area contributed by atoms with Crippen LogP contribution in [0.1, 0.15) is 20.8 Å². The molecule has 1 aromatic rings. The fourth-order valence-corrected chi connectivity index (χ4v) is 1.23. The van der Waals surface area contributed by atoms with Crippen LogP contribution in [0.3, 0.4) is 0 Å². The van der Waals surface area contributed by atoms with E-state index >= 15 is 0 Å². The summed E-state index contributed by atoms with van der Waals surface area (Å²) >= 11 is 0. The van der Waals surface area contributed by atoms with Gasteiger partial charge in [-0.2, -0.15) is 0 Å². The number of amides is 2. The second-order valence-electron chi connectivity index (χ2n) is 5.14. The first-order valence-electron chi connectivity index (χ1n) is 5.77. The van der Waals surface area contributed by atoms with E-state index < -0.39 is 17.1 Å². The smallest absolute Gasteiger partial charge is 0.243 e. The van der Waals surface area contributed by atoms with Crippen LogP contribution in [0.4, 0.5) is 10.1 Å². The van der Waals surface area contributed by atoms with E-state index in [1.165, 1.54) is 0 Å². The van der Waals surface area contributed by atoms with E-state index in [1.54, 1.807) is 20.8 Å². The normalized spacial score (nSPS) is 10.9. The fourth-order valence-electron chi connectivity index (χ4n) is 1.23. The van der Waals surface area contributed by atoms with Crippen LogP contribution in [0.5, 0.6) is 5.75 Å². The molecule has 0 saturated carbocycles. The number of carbonyl (C=O) groups excluding carboxylic acids is 2. The topological polar surface area (TPSA) is 78.4 Å². The van der Waals surface area contributed by atoms with Crippen molar-refractivity contribution in [1.82, 2.24) is 5.32 Å². The largest absolute Gasteiger partial charge is 0.506 e. The predicted molar refractivity (Wildman–Crippen MR) is 69.2 cm³/mol. The highest BCUT2D eigenvalue weighted by molar-refractivity contribution is 5.96. The average Bonchev–Trinajstić information content (AvgIpc) is 2.29. The molecule has 0 atom stereocenters. The van der Waals surface area contributed by atoms with Crippen LogP contribution >= 0.6 is 0 Å². The lowest BCUT2D eigenvalue weighted by Gasteiger charge is -2.17. The number of carbonyl (C=O) groups is 2. The summed E-state index contributed by atoms with van der Waals surface area (Å²) in [5.74, 6) is -1.63. The standard InChI is InChI=1S/C13H17FN2O3/c1-13(2,3)12(19)15-7-11(18)16-9-6-8(14)4-5-10(9)17/h4-6,17H,7H2,1-3H3,(H,15,19)(H,16,18). The van der Waals surface area contributed by atoms with Gasteiger partial charge in [0.2, 0.25) is 11.8 Å². The summed E-state index contributed by atoms with van der Waals surface area (Å²) < 4.78 is 12.9. The molecule has 0 aliphatic rings. The second-order valence-corrected chi connectivity index (χ2v) is 5.14. The van der Waals surface area contributed by atoms with E-state index in [9.17, 15) is 19.1 Å². The number of rotatable bonds is 3. The van der Waals surface area contributed by atoms with Gasteiger partial charge < -0.3 is 15.7 Å². The lowest BCUT2D eigenvalue weighted by Crippen LogP contribution is -2.39. The SMILES string of the molecule is CC(C)(C)C(=O)NCC(=O)Nc1cc(F)ccc1O. The maximum absolute atomic E-state index is 12.9. The Morgan fingerprint density at radius 3 is 2.53 bits per heavy atom. The van der Waals surface area contributed by atoms with Crippen LogP contribution in [-0.2, 0) is 9.59 Å². The van der Waals surface area contributed by atoms with Crippen LogP contribution in [0, 0.1) is 11.2 Å². The van der Waals surface area contributed by atoms with Gasteiger partial charge in [0.05, 0.1) is 12.2 Å². The van der Waals surface area contributed by atoms with Gasteiger partial charge in [-0.25, -0.2) is 4.39 Å². The maximum atomic E-state index is 12.9. The van der Waals surface area contributed by atoms with Gasteiger partial charge in [-0.05, 0) is 12.1 Å². The Labute approximate surface area is 110 Å². The molecular formula is C13H17FN2O3. The van der Waals surface area contributed by atoms with E-state index in [0.29, 0.717) is 0 Å². The predicted octanol–water partition coefficient (Wildman–Crippen LogP) is 1.63. The van der Waals surface area contributed by atoms with Crippen LogP contribution < -0.4 is 10.6 Å². The molecule has 0 aliphatic heterocycles.